The number of aromatic nitrogens is 2. The van der Waals surface area contributed by atoms with Gasteiger partial charge in [0, 0.05) is 35.5 Å². The number of nitrogens with zero attached hydrogens (tertiary/aromatic N) is 2. The fraction of sp³-hybridized carbons (Fsp3) is 0.333. The predicted octanol–water partition coefficient (Wildman–Crippen LogP) is 1.75. The summed E-state index contributed by atoms with van der Waals surface area (Å²) in [7, 11) is -1.00. The molecule has 1 heterocycles. The number of amides is 1. The molecule has 0 saturated heterocycles. The molecular weight excluding hydrogens is 286 g/mol. The second-order valence-corrected chi connectivity index (χ2v) is 6.24. The lowest BCUT2D eigenvalue weighted by Gasteiger charge is -2.17. The Morgan fingerprint density at radius 2 is 2.10 bits per heavy atom. The van der Waals surface area contributed by atoms with Gasteiger partial charge < -0.3 is 5.32 Å². The summed E-state index contributed by atoms with van der Waals surface area (Å²) < 4.78 is 13.2. The Morgan fingerprint density at radius 1 is 1.38 bits per heavy atom. The third-order valence-electron chi connectivity index (χ3n) is 3.13. The molecule has 0 aliphatic carbocycles. The maximum atomic E-state index is 12.3. The number of hydrogen-bond donors (Lipinski definition) is 1. The maximum absolute atomic E-state index is 12.3. The molecule has 0 fully saturated rings. The zero-order valence-electron chi connectivity index (χ0n) is 12.2. The lowest BCUT2D eigenvalue weighted by atomic mass is 10.1. The summed E-state index contributed by atoms with van der Waals surface area (Å²) in [4.78, 5) is 12.3. The maximum Gasteiger partial charge on any atom is 0.254 e. The van der Waals surface area contributed by atoms with Crippen molar-refractivity contribution in [3.05, 3.63) is 53.9 Å². The highest BCUT2D eigenvalue weighted by Crippen LogP contribution is 2.14. The SMILES string of the molecule is CCn1cc(C(=O)N[C@H](C[S@](C)=O)c2ccccc2)cn1. The molecule has 112 valence electrons. The first kappa shape index (κ1) is 15.4. The minimum atomic E-state index is -1.00. The summed E-state index contributed by atoms with van der Waals surface area (Å²) in [6.07, 6.45) is 4.89. The first-order chi connectivity index (χ1) is 10.1. The molecular formula is C15H19N3O2S. The van der Waals surface area contributed by atoms with E-state index >= 15 is 0 Å². The van der Waals surface area contributed by atoms with Crippen LogP contribution in [0.25, 0.3) is 0 Å². The Morgan fingerprint density at radius 3 is 2.67 bits per heavy atom. The van der Waals surface area contributed by atoms with E-state index in [1.165, 1.54) is 0 Å². The monoisotopic (exact) mass is 305 g/mol. The first-order valence-electron chi connectivity index (χ1n) is 6.78. The van der Waals surface area contributed by atoms with Gasteiger partial charge in [0.1, 0.15) is 0 Å². The molecule has 2 rings (SSSR count). The topological polar surface area (TPSA) is 64.0 Å². The molecule has 0 aliphatic rings. The Kier molecular flexibility index (Phi) is 5.27. The van der Waals surface area contributed by atoms with Gasteiger partial charge >= 0.3 is 0 Å². The summed E-state index contributed by atoms with van der Waals surface area (Å²) in [6, 6.07) is 9.30. The quantitative estimate of drug-likeness (QED) is 0.884. The molecule has 2 atom stereocenters. The zero-order chi connectivity index (χ0) is 15.2. The second-order valence-electron chi connectivity index (χ2n) is 4.76. The van der Waals surface area contributed by atoms with Crippen LogP contribution in [0.3, 0.4) is 0 Å². The standard InChI is InChI=1S/C15H19N3O2S/c1-3-18-10-13(9-16-18)15(19)17-14(11-21(2)20)12-7-5-4-6-8-12/h4-10,14H,3,11H2,1-2H3,(H,17,19)/t14-,21+/m1/s1. The van der Waals surface area contributed by atoms with Crippen LogP contribution < -0.4 is 5.32 Å². The fourth-order valence-electron chi connectivity index (χ4n) is 2.04. The van der Waals surface area contributed by atoms with E-state index < -0.39 is 10.8 Å². The van der Waals surface area contributed by atoms with Crippen LogP contribution in [0, 0.1) is 0 Å². The molecule has 0 bridgehead atoms. The van der Waals surface area contributed by atoms with Crippen LogP contribution in [0.15, 0.2) is 42.7 Å². The summed E-state index contributed by atoms with van der Waals surface area (Å²) >= 11 is 0. The van der Waals surface area contributed by atoms with Gasteiger partial charge in [-0.25, -0.2) is 0 Å². The molecule has 0 aliphatic heterocycles. The molecule has 5 nitrogen and oxygen atoms in total. The van der Waals surface area contributed by atoms with Crippen molar-refractivity contribution in [1.29, 1.82) is 0 Å². The molecule has 0 unspecified atom stereocenters. The Balaban J connectivity index is 2.14. The van der Waals surface area contributed by atoms with E-state index in [1.54, 1.807) is 23.3 Å². The molecule has 1 aromatic heterocycles. The largest absolute Gasteiger partial charge is 0.344 e. The highest BCUT2D eigenvalue weighted by atomic mass is 32.2. The Bertz CT molecular complexity index is 625. The molecule has 2 aromatic rings. The number of benzene rings is 1. The summed E-state index contributed by atoms with van der Waals surface area (Å²) in [5.41, 5.74) is 1.46. The van der Waals surface area contributed by atoms with Gasteiger partial charge in [0.15, 0.2) is 0 Å². The van der Waals surface area contributed by atoms with Crippen LogP contribution in [-0.4, -0.2) is 31.9 Å². The van der Waals surface area contributed by atoms with E-state index in [4.69, 9.17) is 0 Å². The number of carbonyl (C=O) groups is 1. The van der Waals surface area contributed by atoms with E-state index in [2.05, 4.69) is 10.4 Å². The third kappa shape index (κ3) is 4.26. The number of rotatable bonds is 6. The van der Waals surface area contributed by atoms with Crippen LogP contribution in [0.2, 0.25) is 0 Å². The molecule has 21 heavy (non-hydrogen) atoms. The summed E-state index contributed by atoms with van der Waals surface area (Å²) in [5, 5.41) is 7.03. The van der Waals surface area contributed by atoms with Crippen molar-refractivity contribution in [1.82, 2.24) is 15.1 Å². The second kappa shape index (κ2) is 7.17. The molecule has 1 amide bonds. The smallest absolute Gasteiger partial charge is 0.254 e. The Labute approximate surface area is 126 Å². The van der Waals surface area contributed by atoms with Crippen molar-refractivity contribution in [3.8, 4) is 0 Å². The summed E-state index contributed by atoms with van der Waals surface area (Å²) in [6.45, 7) is 2.68. The minimum Gasteiger partial charge on any atom is -0.344 e. The lowest BCUT2D eigenvalue weighted by molar-refractivity contribution is 0.0940. The highest BCUT2D eigenvalue weighted by molar-refractivity contribution is 7.84. The molecule has 1 aromatic carbocycles. The lowest BCUT2D eigenvalue weighted by Crippen LogP contribution is -2.31. The Hall–Kier alpha value is -1.95. The van der Waals surface area contributed by atoms with Crippen molar-refractivity contribution in [2.45, 2.75) is 19.5 Å². The van der Waals surface area contributed by atoms with Crippen LogP contribution >= 0.6 is 0 Å². The summed E-state index contributed by atoms with van der Waals surface area (Å²) in [5.74, 6) is 0.187. The predicted molar refractivity (Wildman–Crippen MR) is 83.5 cm³/mol. The van der Waals surface area contributed by atoms with Gasteiger partial charge in [-0.1, -0.05) is 30.3 Å². The molecule has 0 radical (unpaired) electrons. The average Bonchev–Trinajstić information content (AvgIpc) is 2.96. The van der Waals surface area contributed by atoms with Crippen molar-refractivity contribution < 1.29 is 9.00 Å². The zero-order valence-corrected chi connectivity index (χ0v) is 13.0. The fourth-order valence-corrected chi connectivity index (χ4v) is 2.78. The molecule has 6 heteroatoms. The van der Waals surface area contributed by atoms with Crippen LogP contribution in [0.5, 0.6) is 0 Å². The van der Waals surface area contributed by atoms with E-state index in [0.717, 1.165) is 5.56 Å². The van der Waals surface area contributed by atoms with Crippen molar-refractivity contribution in [3.63, 3.8) is 0 Å². The van der Waals surface area contributed by atoms with Crippen molar-refractivity contribution in [2.75, 3.05) is 12.0 Å². The third-order valence-corrected chi connectivity index (χ3v) is 3.93. The molecule has 1 N–H and O–H groups in total. The minimum absolute atomic E-state index is 0.200. The van der Waals surface area contributed by atoms with E-state index in [1.807, 2.05) is 37.3 Å². The number of aryl methyl sites for hydroxylation is 1. The first-order valence-corrected chi connectivity index (χ1v) is 8.51. The molecule has 0 saturated carbocycles. The van der Waals surface area contributed by atoms with Gasteiger partial charge in [-0.2, -0.15) is 5.10 Å². The van der Waals surface area contributed by atoms with E-state index in [0.29, 0.717) is 17.9 Å². The van der Waals surface area contributed by atoms with Crippen LogP contribution in [0.4, 0.5) is 0 Å². The molecule has 0 spiro atoms. The van der Waals surface area contributed by atoms with Gasteiger partial charge in [-0.05, 0) is 12.5 Å². The average molecular weight is 305 g/mol. The van der Waals surface area contributed by atoms with Gasteiger partial charge in [0.05, 0.1) is 17.8 Å². The highest BCUT2D eigenvalue weighted by Gasteiger charge is 2.18. The van der Waals surface area contributed by atoms with Gasteiger partial charge in [0.2, 0.25) is 0 Å². The number of hydrogen-bond acceptors (Lipinski definition) is 3. The van der Waals surface area contributed by atoms with Crippen LogP contribution in [-0.2, 0) is 17.3 Å². The van der Waals surface area contributed by atoms with E-state index in [-0.39, 0.29) is 11.9 Å². The van der Waals surface area contributed by atoms with E-state index in [9.17, 15) is 9.00 Å². The number of carbonyl (C=O) groups excluding carboxylic acids is 1. The van der Waals surface area contributed by atoms with Crippen molar-refractivity contribution in [2.24, 2.45) is 0 Å². The van der Waals surface area contributed by atoms with Gasteiger partial charge in [-0.3, -0.25) is 13.7 Å². The normalized spacial score (nSPS) is 13.6. The number of nitrogens with one attached hydrogen (secondary N) is 1. The van der Waals surface area contributed by atoms with Crippen LogP contribution in [0.1, 0.15) is 28.9 Å². The van der Waals surface area contributed by atoms with Gasteiger partial charge in [-0.15, -0.1) is 0 Å². The van der Waals surface area contributed by atoms with Gasteiger partial charge in [0.25, 0.3) is 5.91 Å². The van der Waals surface area contributed by atoms with Crippen molar-refractivity contribution >= 4 is 16.7 Å².